The molecule has 0 fully saturated rings. The molecule has 5 heteroatoms. The van der Waals surface area contributed by atoms with Gasteiger partial charge in [-0.15, -0.1) is 0 Å². The highest BCUT2D eigenvalue weighted by molar-refractivity contribution is 5.89. The molecule has 0 atom stereocenters. The summed E-state index contributed by atoms with van der Waals surface area (Å²) in [6, 6.07) is 16.0. The van der Waals surface area contributed by atoms with Crippen molar-refractivity contribution in [3.8, 4) is 11.8 Å². The number of nitrogens with zero attached hydrogens (tertiary/aromatic N) is 1. The second-order valence-corrected chi connectivity index (χ2v) is 5.62. The van der Waals surface area contributed by atoms with Crippen LogP contribution in [0.1, 0.15) is 25.0 Å². The summed E-state index contributed by atoms with van der Waals surface area (Å²) in [6.45, 7) is 3.85. The smallest absolute Gasteiger partial charge is 0.319 e. The minimum absolute atomic E-state index is 0.310. The summed E-state index contributed by atoms with van der Waals surface area (Å²) in [5, 5.41) is 14.5. The molecule has 2 rings (SSSR count). The van der Waals surface area contributed by atoms with Crippen molar-refractivity contribution in [2.75, 3.05) is 12.4 Å². The van der Waals surface area contributed by atoms with Crippen LogP contribution < -0.4 is 15.4 Å². The highest BCUT2D eigenvalue weighted by Gasteiger charge is 2.22. The second-order valence-electron chi connectivity index (χ2n) is 5.62. The Bertz CT molecular complexity index is 713. The van der Waals surface area contributed by atoms with Gasteiger partial charge >= 0.3 is 6.03 Å². The van der Waals surface area contributed by atoms with E-state index < -0.39 is 5.54 Å². The predicted octanol–water partition coefficient (Wildman–Crippen LogP) is 3.62. The molecule has 2 amide bonds. The lowest BCUT2D eigenvalue weighted by atomic mass is 9.94. The van der Waals surface area contributed by atoms with Gasteiger partial charge in [-0.1, -0.05) is 12.1 Å². The number of carbonyl (C=O) groups is 1. The highest BCUT2D eigenvalue weighted by atomic mass is 16.5. The van der Waals surface area contributed by atoms with Gasteiger partial charge in [0, 0.05) is 5.69 Å². The number of amides is 2. The SMILES string of the molecule is COc1ccc(C(C)(C)NC(=O)Nc2ccc(C#N)cc2)cc1. The number of benzene rings is 2. The van der Waals surface area contributed by atoms with Crippen molar-refractivity contribution in [1.82, 2.24) is 5.32 Å². The van der Waals surface area contributed by atoms with Gasteiger partial charge in [-0.25, -0.2) is 4.79 Å². The van der Waals surface area contributed by atoms with Crippen molar-refractivity contribution >= 4 is 11.7 Å². The summed E-state index contributed by atoms with van der Waals surface area (Å²) in [6.07, 6.45) is 0. The fourth-order valence-electron chi connectivity index (χ4n) is 2.15. The van der Waals surface area contributed by atoms with Crippen LogP contribution in [0.2, 0.25) is 0 Å². The van der Waals surface area contributed by atoms with Gasteiger partial charge in [-0.05, 0) is 55.8 Å². The van der Waals surface area contributed by atoms with Crippen LogP contribution in [0.25, 0.3) is 0 Å². The van der Waals surface area contributed by atoms with Crippen LogP contribution in [0, 0.1) is 11.3 Å². The molecule has 118 valence electrons. The van der Waals surface area contributed by atoms with Gasteiger partial charge in [0.2, 0.25) is 0 Å². The van der Waals surface area contributed by atoms with Crippen LogP contribution in [0.15, 0.2) is 48.5 Å². The number of urea groups is 1. The highest BCUT2D eigenvalue weighted by Crippen LogP contribution is 2.23. The Balaban J connectivity index is 2.03. The normalized spacial score (nSPS) is 10.5. The fourth-order valence-corrected chi connectivity index (χ4v) is 2.15. The number of hydrogen-bond acceptors (Lipinski definition) is 3. The van der Waals surface area contributed by atoms with E-state index in [1.165, 1.54) is 0 Å². The average molecular weight is 309 g/mol. The van der Waals surface area contributed by atoms with Crippen LogP contribution in [-0.4, -0.2) is 13.1 Å². The molecule has 0 spiro atoms. The molecule has 2 N–H and O–H groups in total. The summed E-state index contributed by atoms with van der Waals surface area (Å²) in [5.41, 5.74) is 1.61. The maximum atomic E-state index is 12.2. The van der Waals surface area contributed by atoms with Gasteiger partial charge in [0.05, 0.1) is 24.3 Å². The molecule has 23 heavy (non-hydrogen) atoms. The third-order valence-electron chi connectivity index (χ3n) is 3.51. The summed E-state index contributed by atoms with van der Waals surface area (Å²) in [7, 11) is 1.61. The number of methoxy groups -OCH3 is 1. The maximum absolute atomic E-state index is 12.2. The Morgan fingerprint density at radius 3 is 2.22 bits per heavy atom. The number of anilines is 1. The van der Waals surface area contributed by atoms with E-state index in [1.54, 1.807) is 31.4 Å². The van der Waals surface area contributed by atoms with Crippen LogP contribution in [-0.2, 0) is 5.54 Å². The molecule has 0 aliphatic rings. The maximum Gasteiger partial charge on any atom is 0.319 e. The summed E-state index contributed by atoms with van der Waals surface area (Å²) in [5.74, 6) is 0.770. The Morgan fingerprint density at radius 2 is 1.70 bits per heavy atom. The van der Waals surface area contributed by atoms with Crippen LogP contribution >= 0.6 is 0 Å². The Hall–Kier alpha value is -3.00. The third kappa shape index (κ3) is 4.24. The van der Waals surface area contributed by atoms with Gasteiger partial charge < -0.3 is 15.4 Å². The number of nitriles is 1. The van der Waals surface area contributed by atoms with Crippen LogP contribution in [0.4, 0.5) is 10.5 Å². The van der Waals surface area contributed by atoms with E-state index in [1.807, 2.05) is 44.2 Å². The molecule has 2 aromatic carbocycles. The van der Waals surface area contributed by atoms with Gasteiger partial charge in [0.25, 0.3) is 0 Å². The van der Waals surface area contributed by atoms with Gasteiger partial charge in [0.15, 0.2) is 0 Å². The zero-order chi connectivity index (χ0) is 16.9. The minimum Gasteiger partial charge on any atom is -0.497 e. The first-order valence-corrected chi connectivity index (χ1v) is 7.18. The van der Waals surface area contributed by atoms with E-state index in [0.717, 1.165) is 11.3 Å². The van der Waals surface area contributed by atoms with Gasteiger partial charge in [0.1, 0.15) is 5.75 Å². The molecule has 0 aliphatic heterocycles. The van der Waals surface area contributed by atoms with E-state index in [0.29, 0.717) is 11.3 Å². The zero-order valence-corrected chi connectivity index (χ0v) is 13.4. The quantitative estimate of drug-likeness (QED) is 0.905. The molecule has 0 radical (unpaired) electrons. The molecule has 0 aromatic heterocycles. The fraction of sp³-hybridized carbons (Fsp3) is 0.222. The molecular weight excluding hydrogens is 290 g/mol. The average Bonchev–Trinajstić information content (AvgIpc) is 2.55. The molecule has 2 aromatic rings. The van der Waals surface area contributed by atoms with Crippen molar-refractivity contribution in [2.24, 2.45) is 0 Å². The van der Waals surface area contributed by atoms with E-state index in [2.05, 4.69) is 10.6 Å². The summed E-state index contributed by atoms with van der Waals surface area (Å²) < 4.78 is 5.14. The first-order chi connectivity index (χ1) is 10.9. The van der Waals surface area contributed by atoms with Crippen molar-refractivity contribution in [2.45, 2.75) is 19.4 Å². The van der Waals surface area contributed by atoms with Gasteiger partial charge in [-0.3, -0.25) is 0 Å². The number of rotatable bonds is 4. The van der Waals surface area contributed by atoms with Gasteiger partial charge in [-0.2, -0.15) is 5.26 Å². The first-order valence-electron chi connectivity index (χ1n) is 7.18. The number of hydrogen-bond donors (Lipinski definition) is 2. The molecule has 0 aliphatic carbocycles. The Labute approximate surface area is 135 Å². The van der Waals surface area contributed by atoms with E-state index >= 15 is 0 Å². The third-order valence-corrected chi connectivity index (χ3v) is 3.51. The predicted molar refractivity (Wildman–Crippen MR) is 89.3 cm³/mol. The van der Waals surface area contributed by atoms with Crippen LogP contribution in [0.3, 0.4) is 0 Å². The summed E-state index contributed by atoms with van der Waals surface area (Å²) in [4.78, 5) is 12.2. The monoisotopic (exact) mass is 309 g/mol. The minimum atomic E-state index is -0.539. The first kappa shape index (κ1) is 16.4. The van der Waals surface area contributed by atoms with Crippen molar-refractivity contribution < 1.29 is 9.53 Å². The van der Waals surface area contributed by atoms with E-state index in [4.69, 9.17) is 10.00 Å². The van der Waals surface area contributed by atoms with E-state index in [9.17, 15) is 4.79 Å². The van der Waals surface area contributed by atoms with Crippen molar-refractivity contribution in [3.63, 3.8) is 0 Å². The van der Waals surface area contributed by atoms with E-state index in [-0.39, 0.29) is 6.03 Å². The molecule has 0 bridgehead atoms. The lowest BCUT2D eigenvalue weighted by Crippen LogP contribution is -2.43. The number of ether oxygens (including phenoxy) is 1. The molecule has 0 saturated heterocycles. The lowest BCUT2D eigenvalue weighted by Gasteiger charge is -2.27. The Kier molecular flexibility index (Phi) is 4.87. The number of carbonyl (C=O) groups excluding carboxylic acids is 1. The molecular formula is C18H19N3O2. The largest absolute Gasteiger partial charge is 0.497 e. The molecule has 5 nitrogen and oxygen atoms in total. The topological polar surface area (TPSA) is 74.2 Å². The molecule has 0 unspecified atom stereocenters. The molecule has 0 saturated carbocycles. The summed E-state index contributed by atoms with van der Waals surface area (Å²) >= 11 is 0. The van der Waals surface area contributed by atoms with Crippen molar-refractivity contribution in [1.29, 1.82) is 5.26 Å². The second kappa shape index (κ2) is 6.84. The molecule has 0 heterocycles. The standard InChI is InChI=1S/C18H19N3O2/c1-18(2,14-6-10-16(23-3)11-7-14)21-17(22)20-15-8-4-13(12-19)5-9-15/h4-11H,1-3H3,(H2,20,21,22). The lowest BCUT2D eigenvalue weighted by molar-refractivity contribution is 0.242. The zero-order valence-electron chi connectivity index (χ0n) is 13.4. The number of nitrogens with one attached hydrogen (secondary N) is 2. The van der Waals surface area contributed by atoms with Crippen molar-refractivity contribution in [3.05, 3.63) is 59.7 Å². The Morgan fingerprint density at radius 1 is 1.09 bits per heavy atom. The van der Waals surface area contributed by atoms with Crippen LogP contribution in [0.5, 0.6) is 5.75 Å².